The van der Waals surface area contributed by atoms with E-state index < -0.39 is 0 Å². The fourth-order valence-electron chi connectivity index (χ4n) is 4.36. The molecule has 0 radical (unpaired) electrons. The van der Waals surface area contributed by atoms with Crippen molar-refractivity contribution in [3.8, 4) is 0 Å². The van der Waals surface area contributed by atoms with Crippen molar-refractivity contribution in [1.29, 1.82) is 0 Å². The fourth-order valence-corrected chi connectivity index (χ4v) is 4.36. The van der Waals surface area contributed by atoms with Crippen LogP contribution in [0.25, 0.3) is 0 Å². The zero-order chi connectivity index (χ0) is 20.1. The highest BCUT2D eigenvalue weighted by Crippen LogP contribution is 2.24. The lowest BCUT2D eigenvalue weighted by molar-refractivity contribution is -0.121. The molecule has 0 saturated carbocycles. The number of carbonyl (C=O) groups excluding carboxylic acids is 2. The van der Waals surface area contributed by atoms with E-state index in [9.17, 15) is 9.59 Å². The van der Waals surface area contributed by atoms with E-state index in [2.05, 4.69) is 34.5 Å². The zero-order valence-corrected chi connectivity index (χ0v) is 16.8. The van der Waals surface area contributed by atoms with Crippen LogP contribution in [0, 0.1) is 5.92 Å². The Kier molecular flexibility index (Phi) is 6.25. The van der Waals surface area contributed by atoms with Crippen LogP contribution in [0.3, 0.4) is 0 Å². The monoisotopic (exact) mass is 391 g/mol. The summed E-state index contributed by atoms with van der Waals surface area (Å²) in [7, 11) is 0. The van der Waals surface area contributed by atoms with Crippen molar-refractivity contribution in [2.75, 3.05) is 31.5 Å². The number of hydrogen-bond acceptors (Lipinski definition) is 3. The van der Waals surface area contributed by atoms with Crippen LogP contribution in [0.5, 0.6) is 0 Å². The summed E-state index contributed by atoms with van der Waals surface area (Å²) < 4.78 is 0. The van der Waals surface area contributed by atoms with Crippen molar-refractivity contribution in [3.05, 3.63) is 65.7 Å². The molecule has 2 aliphatic heterocycles. The molecule has 0 aromatic heterocycles. The summed E-state index contributed by atoms with van der Waals surface area (Å²) in [6.07, 6.45) is 4.01. The van der Waals surface area contributed by atoms with Crippen molar-refractivity contribution < 1.29 is 9.59 Å². The van der Waals surface area contributed by atoms with Gasteiger partial charge in [0.15, 0.2) is 0 Å². The van der Waals surface area contributed by atoms with Crippen LogP contribution in [-0.4, -0.2) is 47.8 Å². The average Bonchev–Trinajstić information content (AvgIpc) is 3.29. The van der Waals surface area contributed by atoms with Gasteiger partial charge in [-0.3, -0.25) is 14.5 Å². The predicted octanol–water partition coefficient (Wildman–Crippen LogP) is 3.77. The molecule has 5 heteroatoms. The lowest BCUT2D eigenvalue weighted by Gasteiger charge is -2.32. The van der Waals surface area contributed by atoms with Gasteiger partial charge in [-0.1, -0.05) is 42.5 Å². The summed E-state index contributed by atoms with van der Waals surface area (Å²) in [5.41, 5.74) is 2.50. The molecular weight excluding hydrogens is 362 g/mol. The van der Waals surface area contributed by atoms with Gasteiger partial charge in [0, 0.05) is 26.2 Å². The second kappa shape index (κ2) is 9.23. The molecule has 2 aromatic carbocycles. The molecule has 29 heavy (non-hydrogen) atoms. The third-order valence-corrected chi connectivity index (χ3v) is 5.93. The first-order valence-electron chi connectivity index (χ1n) is 10.7. The summed E-state index contributed by atoms with van der Waals surface area (Å²) in [5, 5.41) is 3.06. The molecule has 152 valence electrons. The maximum absolute atomic E-state index is 13.0. The molecular formula is C24H29N3O2. The predicted molar refractivity (Wildman–Crippen MR) is 115 cm³/mol. The Labute approximate surface area is 172 Å². The van der Waals surface area contributed by atoms with Gasteiger partial charge >= 0.3 is 0 Å². The highest BCUT2D eigenvalue weighted by molar-refractivity contribution is 6.04. The maximum Gasteiger partial charge on any atom is 0.255 e. The number of hydrogen-bond donors (Lipinski definition) is 1. The highest BCUT2D eigenvalue weighted by atomic mass is 16.2. The number of amides is 2. The van der Waals surface area contributed by atoms with E-state index in [1.807, 2.05) is 35.2 Å². The van der Waals surface area contributed by atoms with Gasteiger partial charge in [-0.15, -0.1) is 0 Å². The Morgan fingerprint density at radius 1 is 0.897 bits per heavy atom. The molecule has 4 rings (SSSR count). The van der Waals surface area contributed by atoms with E-state index in [0.29, 0.717) is 11.3 Å². The molecule has 0 aliphatic carbocycles. The van der Waals surface area contributed by atoms with E-state index >= 15 is 0 Å². The molecule has 2 saturated heterocycles. The standard InChI is InChI=1S/C24H29N3O2/c28-23(20-11-8-14-26(18-20)17-19-9-2-1-3-10-19)25-22-13-5-4-12-21(22)24(29)27-15-6-7-16-27/h1-5,9-10,12-13,20H,6-8,11,14-18H2,(H,25,28). The summed E-state index contributed by atoms with van der Waals surface area (Å²) in [4.78, 5) is 30.1. The third-order valence-electron chi connectivity index (χ3n) is 5.93. The number of piperidine rings is 1. The number of nitrogens with one attached hydrogen (secondary N) is 1. The second-order valence-corrected chi connectivity index (χ2v) is 8.09. The molecule has 5 nitrogen and oxygen atoms in total. The largest absolute Gasteiger partial charge is 0.339 e. The Bertz CT molecular complexity index is 846. The third kappa shape index (κ3) is 4.85. The smallest absolute Gasteiger partial charge is 0.255 e. The Morgan fingerprint density at radius 3 is 2.41 bits per heavy atom. The number of anilines is 1. The topological polar surface area (TPSA) is 52.7 Å². The van der Waals surface area contributed by atoms with Crippen LogP contribution in [0.4, 0.5) is 5.69 Å². The van der Waals surface area contributed by atoms with Gasteiger partial charge in [0.1, 0.15) is 0 Å². The molecule has 2 aliphatic rings. The first kappa shape index (κ1) is 19.6. The molecule has 0 spiro atoms. The molecule has 0 bridgehead atoms. The van der Waals surface area contributed by atoms with Crippen LogP contribution >= 0.6 is 0 Å². The van der Waals surface area contributed by atoms with Gasteiger partial charge in [-0.2, -0.15) is 0 Å². The Hall–Kier alpha value is -2.66. The summed E-state index contributed by atoms with van der Waals surface area (Å²) in [6, 6.07) is 17.8. The maximum atomic E-state index is 13.0. The van der Waals surface area contributed by atoms with Crippen molar-refractivity contribution in [2.45, 2.75) is 32.2 Å². The van der Waals surface area contributed by atoms with Gasteiger partial charge in [0.05, 0.1) is 17.2 Å². The summed E-state index contributed by atoms with van der Waals surface area (Å²) in [6.45, 7) is 4.25. The van der Waals surface area contributed by atoms with Crippen LogP contribution in [0.1, 0.15) is 41.6 Å². The molecule has 2 heterocycles. The van der Waals surface area contributed by atoms with E-state index in [1.165, 1.54) is 5.56 Å². The minimum absolute atomic E-state index is 0.0180. The summed E-state index contributed by atoms with van der Waals surface area (Å²) >= 11 is 0. The van der Waals surface area contributed by atoms with E-state index in [1.54, 1.807) is 0 Å². The first-order chi connectivity index (χ1) is 14.2. The fraction of sp³-hybridized carbons (Fsp3) is 0.417. The molecule has 2 amide bonds. The number of carbonyl (C=O) groups is 2. The average molecular weight is 392 g/mol. The zero-order valence-electron chi connectivity index (χ0n) is 16.8. The first-order valence-corrected chi connectivity index (χ1v) is 10.7. The molecule has 2 aromatic rings. The van der Waals surface area contributed by atoms with E-state index in [0.717, 1.165) is 58.4 Å². The van der Waals surface area contributed by atoms with Crippen molar-refractivity contribution in [2.24, 2.45) is 5.92 Å². The second-order valence-electron chi connectivity index (χ2n) is 8.09. The van der Waals surface area contributed by atoms with Gasteiger partial charge in [-0.25, -0.2) is 0 Å². The Balaban J connectivity index is 1.40. The molecule has 1 N–H and O–H groups in total. The normalized spacial score (nSPS) is 19.9. The van der Waals surface area contributed by atoms with Gasteiger partial charge < -0.3 is 10.2 Å². The van der Waals surface area contributed by atoms with Crippen LogP contribution < -0.4 is 5.32 Å². The van der Waals surface area contributed by atoms with E-state index in [-0.39, 0.29) is 17.7 Å². The van der Waals surface area contributed by atoms with Crippen LogP contribution in [-0.2, 0) is 11.3 Å². The molecule has 2 fully saturated rings. The van der Waals surface area contributed by atoms with Gasteiger partial charge in [0.2, 0.25) is 5.91 Å². The lowest BCUT2D eigenvalue weighted by atomic mass is 9.96. The van der Waals surface area contributed by atoms with E-state index in [4.69, 9.17) is 0 Å². The number of para-hydroxylation sites is 1. The van der Waals surface area contributed by atoms with Crippen molar-refractivity contribution >= 4 is 17.5 Å². The molecule has 1 unspecified atom stereocenters. The van der Waals surface area contributed by atoms with Crippen molar-refractivity contribution in [1.82, 2.24) is 9.80 Å². The van der Waals surface area contributed by atoms with Crippen LogP contribution in [0.2, 0.25) is 0 Å². The molecule has 1 atom stereocenters. The number of benzene rings is 2. The highest BCUT2D eigenvalue weighted by Gasteiger charge is 2.27. The minimum Gasteiger partial charge on any atom is -0.339 e. The van der Waals surface area contributed by atoms with Gasteiger partial charge in [0.25, 0.3) is 5.91 Å². The Morgan fingerprint density at radius 2 is 1.62 bits per heavy atom. The SMILES string of the molecule is O=C(Nc1ccccc1C(=O)N1CCCC1)C1CCCN(Cc2ccccc2)C1. The van der Waals surface area contributed by atoms with Crippen molar-refractivity contribution in [3.63, 3.8) is 0 Å². The number of likely N-dealkylation sites (tertiary alicyclic amines) is 2. The lowest BCUT2D eigenvalue weighted by Crippen LogP contribution is -2.40. The van der Waals surface area contributed by atoms with Gasteiger partial charge in [-0.05, 0) is 49.9 Å². The summed E-state index contributed by atoms with van der Waals surface area (Å²) in [5.74, 6) is -0.0143. The quantitative estimate of drug-likeness (QED) is 0.844. The number of rotatable bonds is 5. The number of nitrogens with zero attached hydrogens (tertiary/aromatic N) is 2. The minimum atomic E-state index is -0.0533. The van der Waals surface area contributed by atoms with Crippen LogP contribution in [0.15, 0.2) is 54.6 Å².